The first-order valence-corrected chi connectivity index (χ1v) is 13.2. The zero-order chi connectivity index (χ0) is 26.9. The van der Waals surface area contributed by atoms with E-state index in [2.05, 4.69) is 32.0 Å². The van der Waals surface area contributed by atoms with Crippen LogP contribution in [0.3, 0.4) is 0 Å². The normalized spacial score (nSPS) is 16.5. The van der Waals surface area contributed by atoms with Crippen LogP contribution in [-0.4, -0.2) is 28.1 Å². The highest BCUT2D eigenvalue weighted by Gasteiger charge is 2.30. The van der Waals surface area contributed by atoms with E-state index in [1.165, 1.54) is 0 Å². The van der Waals surface area contributed by atoms with Crippen LogP contribution in [0.1, 0.15) is 36.8 Å². The van der Waals surface area contributed by atoms with Gasteiger partial charge in [-0.2, -0.15) is 5.26 Å². The van der Waals surface area contributed by atoms with Gasteiger partial charge in [0.1, 0.15) is 17.7 Å². The lowest BCUT2D eigenvalue weighted by Gasteiger charge is -2.37. The number of carbonyl (C=O) groups excluding carboxylic acids is 1. The summed E-state index contributed by atoms with van der Waals surface area (Å²) in [5.74, 6) is 1.54. The standard InChI is InChI=1S/C31H31N7O/c32-20-24-9-18-30(34-22-24)37-26-12-16-28(17-13-26)38(31(39)35-21-23-6-2-1-3-7-23)27-14-10-25(11-15-27)36-29-8-4-5-19-33-29/h1-11,14-15,18-19,22,26,28H,12-13,16-17,21H2,(H,33,36)(H,34,37)(H,35,39). The Hall–Kier alpha value is -4.90. The summed E-state index contributed by atoms with van der Waals surface area (Å²) in [6, 6.07) is 29.5. The van der Waals surface area contributed by atoms with Crippen molar-refractivity contribution in [2.45, 2.75) is 44.3 Å². The maximum atomic E-state index is 13.6. The van der Waals surface area contributed by atoms with Crippen LogP contribution in [0.4, 0.5) is 27.8 Å². The van der Waals surface area contributed by atoms with E-state index in [0.29, 0.717) is 12.1 Å². The van der Waals surface area contributed by atoms with Gasteiger partial charge in [-0.1, -0.05) is 36.4 Å². The van der Waals surface area contributed by atoms with Gasteiger partial charge in [0.05, 0.1) is 5.56 Å². The Morgan fingerprint density at radius 3 is 2.31 bits per heavy atom. The second kappa shape index (κ2) is 12.6. The lowest BCUT2D eigenvalue weighted by atomic mass is 9.90. The fourth-order valence-electron chi connectivity index (χ4n) is 4.88. The van der Waals surface area contributed by atoms with Crippen molar-refractivity contribution in [3.05, 3.63) is 108 Å². The quantitative estimate of drug-likeness (QED) is 0.256. The molecule has 2 aromatic heterocycles. The summed E-state index contributed by atoms with van der Waals surface area (Å²) in [4.78, 5) is 24.1. The molecule has 8 nitrogen and oxygen atoms in total. The number of hydrogen-bond acceptors (Lipinski definition) is 6. The third-order valence-corrected chi connectivity index (χ3v) is 6.89. The molecule has 1 aliphatic rings. The number of benzene rings is 2. The highest BCUT2D eigenvalue weighted by Crippen LogP contribution is 2.30. The molecule has 0 radical (unpaired) electrons. The molecular weight excluding hydrogens is 486 g/mol. The predicted molar refractivity (Wildman–Crippen MR) is 154 cm³/mol. The van der Waals surface area contributed by atoms with Gasteiger partial charge in [-0.3, -0.25) is 4.90 Å². The predicted octanol–water partition coefficient (Wildman–Crippen LogP) is 6.23. The first-order valence-electron chi connectivity index (χ1n) is 13.2. The van der Waals surface area contributed by atoms with E-state index in [4.69, 9.17) is 5.26 Å². The molecule has 3 N–H and O–H groups in total. The van der Waals surface area contributed by atoms with Crippen LogP contribution in [0.5, 0.6) is 0 Å². The zero-order valence-corrected chi connectivity index (χ0v) is 21.6. The van der Waals surface area contributed by atoms with Crippen LogP contribution in [0.15, 0.2) is 97.3 Å². The smallest absolute Gasteiger partial charge is 0.322 e. The molecule has 1 fully saturated rings. The van der Waals surface area contributed by atoms with Gasteiger partial charge in [-0.25, -0.2) is 14.8 Å². The maximum Gasteiger partial charge on any atom is 0.322 e. The molecule has 0 unspecified atom stereocenters. The topological polar surface area (TPSA) is 106 Å². The molecule has 0 aliphatic heterocycles. The summed E-state index contributed by atoms with van der Waals surface area (Å²) < 4.78 is 0. The largest absolute Gasteiger partial charge is 0.367 e. The Morgan fingerprint density at radius 1 is 0.872 bits per heavy atom. The van der Waals surface area contributed by atoms with E-state index in [1.807, 2.05) is 83.8 Å². The highest BCUT2D eigenvalue weighted by molar-refractivity contribution is 5.93. The number of amides is 2. The van der Waals surface area contributed by atoms with Crippen LogP contribution >= 0.6 is 0 Å². The van der Waals surface area contributed by atoms with Gasteiger partial charge >= 0.3 is 6.03 Å². The van der Waals surface area contributed by atoms with E-state index in [0.717, 1.165) is 54.3 Å². The molecule has 39 heavy (non-hydrogen) atoms. The van der Waals surface area contributed by atoms with Crippen molar-refractivity contribution in [1.82, 2.24) is 15.3 Å². The van der Waals surface area contributed by atoms with Crippen molar-refractivity contribution >= 4 is 29.0 Å². The van der Waals surface area contributed by atoms with Gasteiger partial charge in [0, 0.05) is 42.4 Å². The number of rotatable bonds is 8. The molecule has 1 saturated carbocycles. The summed E-state index contributed by atoms with van der Waals surface area (Å²) in [6.07, 6.45) is 6.88. The fraction of sp³-hybridized carbons (Fsp3) is 0.226. The molecular formula is C31H31N7O. The first-order chi connectivity index (χ1) is 19.2. The van der Waals surface area contributed by atoms with Crippen LogP contribution < -0.4 is 20.9 Å². The summed E-state index contributed by atoms with van der Waals surface area (Å²) >= 11 is 0. The summed E-state index contributed by atoms with van der Waals surface area (Å²) in [7, 11) is 0. The maximum absolute atomic E-state index is 13.6. The molecule has 196 valence electrons. The lowest BCUT2D eigenvalue weighted by Crippen LogP contribution is -2.48. The third-order valence-electron chi connectivity index (χ3n) is 6.89. The Bertz CT molecular complexity index is 1380. The molecule has 4 aromatic rings. The Balaban J connectivity index is 1.27. The zero-order valence-electron chi connectivity index (χ0n) is 21.6. The van der Waals surface area contributed by atoms with Crippen LogP contribution in [0, 0.1) is 11.3 Å². The van der Waals surface area contributed by atoms with Gasteiger partial charge in [0.15, 0.2) is 0 Å². The number of carbonyl (C=O) groups is 1. The number of hydrogen-bond donors (Lipinski definition) is 3. The molecule has 0 atom stereocenters. The fourth-order valence-corrected chi connectivity index (χ4v) is 4.88. The minimum atomic E-state index is -0.102. The van der Waals surface area contributed by atoms with E-state index in [9.17, 15) is 4.79 Å². The molecule has 2 aromatic carbocycles. The Morgan fingerprint density at radius 2 is 1.64 bits per heavy atom. The molecule has 1 aliphatic carbocycles. The monoisotopic (exact) mass is 517 g/mol. The summed E-state index contributed by atoms with van der Waals surface area (Å²) in [6.45, 7) is 0.469. The van der Waals surface area contributed by atoms with Crippen LogP contribution in [0.2, 0.25) is 0 Å². The van der Waals surface area contributed by atoms with Gasteiger partial charge in [0.2, 0.25) is 0 Å². The number of aromatic nitrogens is 2. The van der Waals surface area contributed by atoms with Crippen molar-refractivity contribution in [3.63, 3.8) is 0 Å². The van der Waals surface area contributed by atoms with Gasteiger partial charge in [-0.05, 0) is 79.8 Å². The number of nitriles is 1. The lowest BCUT2D eigenvalue weighted by molar-refractivity contribution is 0.240. The van der Waals surface area contributed by atoms with E-state index in [-0.39, 0.29) is 18.1 Å². The molecule has 0 bridgehead atoms. The molecule has 0 spiro atoms. The highest BCUT2D eigenvalue weighted by atomic mass is 16.2. The van der Waals surface area contributed by atoms with E-state index in [1.54, 1.807) is 18.5 Å². The Labute approximate surface area is 228 Å². The second-order valence-corrected chi connectivity index (χ2v) is 9.59. The van der Waals surface area contributed by atoms with Crippen molar-refractivity contribution in [2.75, 3.05) is 15.5 Å². The Kier molecular flexibility index (Phi) is 8.29. The van der Waals surface area contributed by atoms with E-state index < -0.39 is 0 Å². The average molecular weight is 518 g/mol. The van der Waals surface area contributed by atoms with E-state index >= 15 is 0 Å². The molecule has 8 heteroatoms. The number of nitrogens with one attached hydrogen (secondary N) is 3. The molecule has 2 amide bonds. The number of pyridine rings is 2. The third kappa shape index (κ3) is 6.90. The van der Waals surface area contributed by atoms with Crippen LogP contribution in [0.25, 0.3) is 0 Å². The minimum absolute atomic E-state index is 0.0716. The van der Waals surface area contributed by atoms with Crippen LogP contribution in [-0.2, 0) is 6.54 Å². The van der Waals surface area contributed by atoms with Gasteiger partial charge in [0.25, 0.3) is 0 Å². The minimum Gasteiger partial charge on any atom is -0.367 e. The number of nitrogens with zero attached hydrogens (tertiary/aromatic N) is 4. The SMILES string of the molecule is N#Cc1ccc(NC2CCC(N(C(=O)NCc3ccccc3)c3ccc(Nc4ccccn4)cc3)CC2)nc1. The summed E-state index contributed by atoms with van der Waals surface area (Å²) in [5.41, 5.74) is 3.37. The number of anilines is 4. The van der Waals surface area contributed by atoms with Crippen molar-refractivity contribution in [3.8, 4) is 6.07 Å². The first kappa shape index (κ1) is 25.7. The van der Waals surface area contributed by atoms with Crippen molar-refractivity contribution < 1.29 is 4.79 Å². The number of urea groups is 1. The van der Waals surface area contributed by atoms with Gasteiger partial charge < -0.3 is 16.0 Å². The molecule has 2 heterocycles. The summed E-state index contributed by atoms with van der Waals surface area (Å²) in [5, 5.41) is 18.9. The molecule has 5 rings (SSSR count). The van der Waals surface area contributed by atoms with Gasteiger partial charge in [-0.15, -0.1) is 0 Å². The average Bonchev–Trinajstić information content (AvgIpc) is 2.99. The van der Waals surface area contributed by atoms with Crippen molar-refractivity contribution in [1.29, 1.82) is 5.26 Å². The second-order valence-electron chi connectivity index (χ2n) is 9.59. The van der Waals surface area contributed by atoms with Crippen molar-refractivity contribution in [2.24, 2.45) is 0 Å². The molecule has 0 saturated heterocycles.